The van der Waals surface area contributed by atoms with Crippen molar-refractivity contribution in [3.8, 4) is 0 Å². The Morgan fingerprint density at radius 1 is 1.21 bits per heavy atom. The van der Waals surface area contributed by atoms with Crippen molar-refractivity contribution >= 4 is 11.7 Å². The Morgan fingerprint density at radius 3 is 2.58 bits per heavy atom. The molecule has 1 aromatic carbocycles. The fraction of sp³-hybridized carbons (Fsp3) is 0.467. The first-order valence-electron chi connectivity index (χ1n) is 6.39. The van der Waals surface area contributed by atoms with Gasteiger partial charge in [0.15, 0.2) is 5.78 Å². The van der Waals surface area contributed by atoms with Crippen LogP contribution in [0.1, 0.15) is 42.3 Å². The Hall–Kier alpha value is -1.68. The van der Waals surface area contributed by atoms with Crippen molar-refractivity contribution in [3.63, 3.8) is 0 Å². The lowest BCUT2D eigenvalue weighted by Gasteiger charge is -2.16. The van der Waals surface area contributed by atoms with Gasteiger partial charge in [-0.15, -0.1) is 0 Å². The van der Waals surface area contributed by atoms with Crippen molar-refractivity contribution in [2.45, 2.75) is 34.0 Å². The van der Waals surface area contributed by atoms with Crippen molar-refractivity contribution < 1.29 is 14.3 Å². The van der Waals surface area contributed by atoms with E-state index in [4.69, 9.17) is 4.74 Å². The second kappa shape index (κ2) is 5.13. The fourth-order valence-electron chi connectivity index (χ4n) is 1.84. The van der Waals surface area contributed by atoms with Gasteiger partial charge < -0.3 is 10.1 Å². The molecule has 0 aromatic heterocycles. The number of amides is 1. The first-order valence-corrected chi connectivity index (χ1v) is 6.39. The van der Waals surface area contributed by atoms with E-state index in [-0.39, 0.29) is 18.2 Å². The van der Waals surface area contributed by atoms with E-state index >= 15 is 0 Å². The number of ketones is 1. The summed E-state index contributed by atoms with van der Waals surface area (Å²) in [6.45, 7) is 6.75. The molecule has 0 atom stereocenters. The van der Waals surface area contributed by atoms with Crippen molar-refractivity contribution in [1.29, 1.82) is 0 Å². The Labute approximate surface area is 113 Å². The molecular formula is C15H19NO3. The molecule has 0 unspecified atom stereocenters. The molecular weight excluding hydrogens is 242 g/mol. The van der Waals surface area contributed by atoms with Crippen LogP contribution in [0.4, 0.5) is 0 Å². The number of hydrogen-bond donors (Lipinski definition) is 1. The molecule has 1 amide bonds. The van der Waals surface area contributed by atoms with Gasteiger partial charge in [0.25, 0.3) is 5.91 Å². The molecule has 0 spiro atoms. The second-order valence-electron chi connectivity index (χ2n) is 5.83. The van der Waals surface area contributed by atoms with E-state index in [1.165, 1.54) is 0 Å². The molecule has 19 heavy (non-hydrogen) atoms. The normalized spacial score (nSPS) is 14.1. The van der Waals surface area contributed by atoms with Gasteiger partial charge in [-0.05, 0) is 23.3 Å². The van der Waals surface area contributed by atoms with Crippen LogP contribution in [0.25, 0.3) is 0 Å². The van der Waals surface area contributed by atoms with E-state index in [1.807, 2.05) is 32.9 Å². The Balaban J connectivity index is 1.99. The molecule has 1 N–H and O–H groups in total. The number of benzene rings is 1. The highest BCUT2D eigenvalue weighted by molar-refractivity contribution is 5.97. The lowest BCUT2D eigenvalue weighted by molar-refractivity contribution is -0.125. The van der Waals surface area contributed by atoms with Crippen LogP contribution < -0.4 is 5.32 Å². The number of Topliss-reactive ketones (excluding diaryl/α,β-unsaturated/α-hetero) is 1. The Bertz CT molecular complexity index is 515. The van der Waals surface area contributed by atoms with Gasteiger partial charge in [0.05, 0.1) is 19.8 Å². The van der Waals surface area contributed by atoms with E-state index in [0.717, 1.165) is 11.1 Å². The molecule has 4 nitrogen and oxygen atoms in total. The molecule has 4 heteroatoms. The number of fused-ring (bicyclic) bond motifs is 1. The molecule has 0 fully saturated rings. The van der Waals surface area contributed by atoms with Crippen molar-refractivity contribution in [3.05, 3.63) is 34.9 Å². The molecule has 2 rings (SSSR count). The highest BCUT2D eigenvalue weighted by atomic mass is 16.5. The maximum Gasteiger partial charge on any atom is 0.251 e. The zero-order chi connectivity index (χ0) is 14.0. The molecule has 1 aliphatic rings. The minimum Gasteiger partial charge on any atom is -0.372 e. The fourth-order valence-corrected chi connectivity index (χ4v) is 1.84. The summed E-state index contributed by atoms with van der Waals surface area (Å²) in [7, 11) is 0. The van der Waals surface area contributed by atoms with Gasteiger partial charge in [-0.2, -0.15) is 0 Å². The average molecular weight is 261 g/mol. The van der Waals surface area contributed by atoms with Crippen LogP contribution in [0.5, 0.6) is 0 Å². The predicted molar refractivity (Wildman–Crippen MR) is 71.7 cm³/mol. The van der Waals surface area contributed by atoms with Crippen molar-refractivity contribution in [2.24, 2.45) is 5.41 Å². The molecule has 1 aliphatic heterocycles. The highest BCUT2D eigenvalue weighted by Gasteiger charge is 2.22. The van der Waals surface area contributed by atoms with Crippen LogP contribution in [0.15, 0.2) is 18.2 Å². The van der Waals surface area contributed by atoms with Crippen LogP contribution >= 0.6 is 0 Å². The number of nitrogens with one attached hydrogen (secondary N) is 1. The van der Waals surface area contributed by atoms with Crippen molar-refractivity contribution in [1.82, 2.24) is 5.32 Å². The standard InChI is InChI=1S/C15H19NO3/c1-15(2,3)13(17)7-16-14(18)10-4-5-11-8-19-9-12(11)6-10/h4-6H,7-9H2,1-3H3,(H,16,18). The van der Waals surface area contributed by atoms with E-state index < -0.39 is 5.41 Å². The maximum atomic E-state index is 12.0. The van der Waals surface area contributed by atoms with Gasteiger partial charge in [0.1, 0.15) is 0 Å². The van der Waals surface area contributed by atoms with Gasteiger partial charge >= 0.3 is 0 Å². The molecule has 102 valence electrons. The lowest BCUT2D eigenvalue weighted by atomic mass is 9.91. The largest absolute Gasteiger partial charge is 0.372 e. The van der Waals surface area contributed by atoms with E-state index in [2.05, 4.69) is 5.32 Å². The summed E-state index contributed by atoms with van der Waals surface area (Å²) in [5.74, 6) is -0.197. The van der Waals surface area contributed by atoms with Crippen LogP contribution in [0.2, 0.25) is 0 Å². The summed E-state index contributed by atoms with van der Waals surface area (Å²) in [6.07, 6.45) is 0. The third kappa shape index (κ3) is 3.20. The third-order valence-electron chi connectivity index (χ3n) is 3.23. The number of rotatable bonds is 3. The van der Waals surface area contributed by atoms with Gasteiger partial charge in [-0.3, -0.25) is 9.59 Å². The molecule has 0 saturated carbocycles. The third-order valence-corrected chi connectivity index (χ3v) is 3.23. The smallest absolute Gasteiger partial charge is 0.251 e. The first kappa shape index (κ1) is 13.7. The van der Waals surface area contributed by atoms with E-state index in [0.29, 0.717) is 18.8 Å². The van der Waals surface area contributed by atoms with E-state index in [1.54, 1.807) is 6.07 Å². The SMILES string of the molecule is CC(C)(C)C(=O)CNC(=O)c1ccc2c(c1)COC2. The first-order chi connectivity index (χ1) is 8.88. The van der Waals surface area contributed by atoms with Crippen molar-refractivity contribution in [2.75, 3.05) is 6.54 Å². The summed E-state index contributed by atoms with van der Waals surface area (Å²) in [4.78, 5) is 23.7. The molecule has 1 aromatic rings. The summed E-state index contributed by atoms with van der Waals surface area (Å²) < 4.78 is 5.31. The number of hydrogen-bond acceptors (Lipinski definition) is 3. The number of ether oxygens (including phenoxy) is 1. The van der Waals surface area contributed by atoms with Crippen LogP contribution in [-0.4, -0.2) is 18.2 Å². The second-order valence-corrected chi connectivity index (χ2v) is 5.83. The van der Waals surface area contributed by atoms with E-state index in [9.17, 15) is 9.59 Å². The minimum absolute atomic E-state index is 0.0188. The monoisotopic (exact) mass is 261 g/mol. The van der Waals surface area contributed by atoms with Crippen LogP contribution in [0, 0.1) is 5.41 Å². The Kier molecular flexibility index (Phi) is 3.71. The topological polar surface area (TPSA) is 55.4 Å². The highest BCUT2D eigenvalue weighted by Crippen LogP contribution is 2.20. The summed E-state index contributed by atoms with van der Waals surface area (Å²) in [6, 6.07) is 5.51. The average Bonchev–Trinajstić information content (AvgIpc) is 2.81. The summed E-state index contributed by atoms with van der Waals surface area (Å²) in [5, 5.41) is 2.67. The van der Waals surface area contributed by atoms with Crippen LogP contribution in [0.3, 0.4) is 0 Å². The molecule has 1 heterocycles. The number of carbonyl (C=O) groups excluding carboxylic acids is 2. The quantitative estimate of drug-likeness (QED) is 0.906. The predicted octanol–water partition coefficient (Wildman–Crippen LogP) is 2.06. The van der Waals surface area contributed by atoms with Crippen LogP contribution in [-0.2, 0) is 22.7 Å². The Morgan fingerprint density at radius 2 is 1.89 bits per heavy atom. The minimum atomic E-state index is -0.431. The van der Waals surface area contributed by atoms with Gasteiger partial charge in [-0.1, -0.05) is 26.8 Å². The summed E-state index contributed by atoms with van der Waals surface area (Å²) in [5.41, 5.74) is 2.32. The number of carbonyl (C=O) groups is 2. The molecule has 0 bridgehead atoms. The summed E-state index contributed by atoms with van der Waals surface area (Å²) >= 11 is 0. The van der Waals surface area contributed by atoms with Gasteiger partial charge in [0, 0.05) is 11.0 Å². The molecule has 0 radical (unpaired) electrons. The molecule has 0 saturated heterocycles. The zero-order valence-corrected chi connectivity index (χ0v) is 11.6. The van der Waals surface area contributed by atoms with Gasteiger partial charge in [0.2, 0.25) is 0 Å². The van der Waals surface area contributed by atoms with Gasteiger partial charge in [-0.25, -0.2) is 0 Å². The lowest BCUT2D eigenvalue weighted by Crippen LogP contribution is -2.35. The maximum absolute atomic E-state index is 12.0. The zero-order valence-electron chi connectivity index (χ0n) is 11.6. The molecule has 0 aliphatic carbocycles.